The van der Waals surface area contributed by atoms with Gasteiger partial charge in [0.15, 0.2) is 0 Å². The topological polar surface area (TPSA) is 17.3 Å². The van der Waals surface area contributed by atoms with Crippen molar-refractivity contribution < 1.29 is 8.78 Å². The van der Waals surface area contributed by atoms with E-state index in [1.54, 1.807) is 23.6 Å². The maximum absolute atomic E-state index is 12.5. The first kappa shape index (κ1) is 9.82. The molecule has 74 valence electrons. The van der Waals surface area contributed by atoms with Gasteiger partial charge in [0.05, 0.1) is 0 Å². The molecule has 2 aromatic rings. The lowest BCUT2D eigenvalue weighted by molar-refractivity contribution is 0.146. The number of pyridine rings is 1. The molecule has 0 aliphatic carbocycles. The zero-order valence-corrected chi connectivity index (χ0v) is 9.50. The Hall–Kier alpha value is -0.720. The van der Waals surface area contributed by atoms with Crippen LogP contribution < -0.4 is 0 Å². The molecule has 0 spiro atoms. The van der Waals surface area contributed by atoms with Gasteiger partial charge in [0.25, 0.3) is 6.43 Å². The minimum absolute atomic E-state index is 0.132. The van der Waals surface area contributed by atoms with E-state index < -0.39 is 6.43 Å². The highest BCUT2D eigenvalue weighted by molar-refractivity contribution is 14.1. The molecule has 0 fully saturated rings. The molecule has 0 radical (unpaired) electrons. The van der Waals surface area contributed by atoms with Crippen LogP contribution in [0.25, 0.3) is 5.65 Å². The van der Waals surface area contributed by atoms with Gasteiger partial charge in [0.1, 0.15) is 11.3 Å². The second-order valence-corrected chi connectivity index (χ2v) is 4.20. The molecule has 2 heterocycles. The maximum Gasteiger partial charge on any atom is 0.282 e. The van der Waals surface area contributed by atoms with Crippen molar-refractivity contribution in [1.29, 1.82) is 0 Å². The number of rotatable bonds is 1. The summed E-state index contributed by atoms with van der Waals surface area (Å²) in [5, 5.41) is 0. The Bertz CT molecular complexity index is 479. The average Bonchev–Trinajstić information content (AvgIpc) is 2.44. The van der Waals surface area contributed by atoms with Gasteiger partial charge in [-0.25, -0.2) is 13.8 Å². The second-order valence-electron chi connectivity index (χ2n) is 2.96. The van der Waals surface area contributed by atoms with E-state index in [0.717, 1.165) is 3.57 Å². The molecular formula is C9H7F2IN2. The zero-order valence-electron chi connectivity index (χ0n) is 7.34. The number of halogens is 3. The number of aromatic nitrogens is 2. The van der Waals surface area contributed by atoms with Gasteiger partial charge in [-0.1, -0.05) is 0 Å². The molecule has 5 heteroatoms. The number of imidazole rings is 1. The summed E-state index contributed by atoms with van der Waals surface area (Å²) < 4.78 is 27.7. The standard InChI is InChI=1S/C9H7F2IN2/c1-5-8(9(10)11)13-7-3-2-6(12)4-14(5)7/h2-4,9H,1H3. The van der Waals surface area contributed by atoms with Crippen LogP contribution in [-0.2, 0) is 0 Å². The predicted molar refractivity (Wildman–Crippen MR) is 57.6 cm³/mol. The summed E-state index contributed by atoms with van der Waals surface area (Å²) in [6, 6.07) is 3.58. The Labute approximate surface area is 93.1 Å². The Kier molecular flexibility index (Phi) is 2.42. The lowest BCUT2D eigenvalue weighted by Gasteiger charge is -1.97. The fourth-order valence-corrected chi connectivity index (χ4v) is 1.82. The van der Waals surface area contributed by atoms with Crippen LogP contribution in [-0.4, -0.2) is 9.38 Å². The first-order chi connectivity index (χ1) is 6.59. The normalized spacial score (nSPS) is 11.5. The van der Waals surface area contributed by atoms with Crippen LogP contribution in [0.15, 0.2) is 18.3 Å². The number of aryl methyl sites for hydroxylation is 1. The molecule has 0 saturated carbocycles. The van der Waals surface area contributed by atoms with Gasteiger partial charge in [-0.3, -0.25) is 0 Å². The van der Waals surface area contributed by atoms with Gasteiger partial charge in [-0.15, -0.1) is 0 Å². The smallest absolute Gasteiger partial charge is 0.282 e. The largest absolute Gasteiger partial charge is 0.303 e. The SMILES string of the molecule is Cc1c(C(F)F)nc2ccc(I)cn12. The van der Waals surface area contributed by atoms with E-state index in [4.69, 9.17) is 0 Å². The van der Waals surface area contributed by atoms with Gasteiger partial charge < -0.3 is 4.40 Å². The van der Waals surface area contributed by atoms with Crippen LogP contribution in [0.5, 0.6) is 0 Å². The van der Waals surface area contributed by atoms with Crippen molar-refractivity contribution in [3.63, 3.8) is 0 Å². The van der Waals surface area contributed by atoms with Crippen molar-refractivity contribution in [3.8, 4) is 0 Å². The first-order valence-corrected chi connectivity index (χ1v) is 5.09. The molecule has 0 unspecified atom stereocenters. The molecule has 0 atom stereocenters. The van der Waals surface area contributed by atoms with Crippen molar-refractivity contribution in [2.75, 3.05) is 0 Å². The van der Waals surface area contributed by atoms with Crippen molar-refractivity contribution >= 4 is 28.2 Å². The number of hydrogen-bond acceptors (Lipinski definition) is 1. The van der Waals surface area contributed by atoms with E-state index >= 15 is 0 Å². The van der Waals surface area contributed by atoms with E-state index in [1.807, 2.05) is 6.07 Å². The number of alkyl halides is 2. The fourth-order valence-electron chi connectivity index (χ4n) is 1.36. The van der Waals surface area contributed by atoms with Gasteiger partial charge >= 0.3 is 0 Å². The lowest BCUT2D eigenvalue weighted by Crippen LogP contribution is -1.90. The van der Waals surface area contributed by atoms with E-state index in [2.05, 4.69) is 27.6 Å². The first-order valence-electron chi connectivity index (χ1n) is 4.02. The lowest BCUT2D eigenvalue weighted by atomic mass is 10.3. The van der Waals surface area contributed by atoms with Crippen molar-refractivity contribution in [3.05, 3.63) is 33.3 Å². The molecule has 0 N–H and O–H groups in total. The van der Waals surface area contributed by atoms with Crippen molar-refractivity contribution in [2.45, 2.75) is 13.3 Å². The Morgan fingerprint density at radius 2 is 2.14 bits per heavy atom. The number of nitrogens with zero attached hydrogens (tertiary/aromatic N) is 2. The molecule has 0 bridgehead atoms. The summed E-state index contributed by atoms with van der Waals surface area (Å²) >= 11 is 2.14. The van der Waals surface area contributed by atoms with Crippen LogP contribution in [0, 0.1) is 10.5 Å². The van der Waals surface area contributed by atoms with Crippen LogP contribution in [0.1, 0.15) is 17.8 Å². The molecule has 0 aliphatic heterocycles. The number of fused-ring (bicyclic) bond motifs is 1. The third kappa shape index (κ3) is 1.49. The van der Waals surface area contributed by atoms with E-state index in [9.17, 15) is 8.78 Å². The van der Waals surface area contributed by atoms with Gasteiger partial charge in [0, 0.05) is 15.5 Å². The van der Waals surface area contributed by atoms with Crippen molar-refractivity contribution in [1.82, 2.24) is 9.38 Å². The predicted octanol–water partition coefficient (Wildman–Crippen LogP) is 3.18. The van der Waals surface area contributed by atoms with Crippen LogP contribution >= 0.6 is 22.6 Å². The molecule has 0 saturated heterocycles. The molecule has 2 rings (SSSR count). The van der Waals surface area contributed by atoms with Crippen LogP contribution in [0.3, 0.4) is 0 Å². The number of hydrogen-bond donors (Lipinski definition) is 0. The second kappa shape index (κ2) is 3.45. The van der Waals surface area contributed by atoms with E-state index in [-0.39, 0.29) is 5.69 Å². The fraction of sp³-hybridized carbons (Fsp3) is 0.222. The third-order valence-corrected chi connectivity index (χ3v) is 2.70. The highest BCUT2D eigenvalue weighted by Gasteiger charge is 2.16. The molecular weight excluding hydrogens is 301 g/mol. The Morgan fingerprint density at radius 3 is 2.79 bits per heavy atom. The minimum atomic E-state index is -2.51. The highest BCUT2D eigenvalue weighted by Crippen LogP contribution is 2.23. The van der Waals surface area contributed by atoms with Gasteiger partial charge in [-0.05, 0) is 41.6 Å². The summed E-state index contributed by atoms with van der Waals surface area (Å²) in [6.45, 7) is 1.65. The van der Waals surface area contributed by atoms with E-state index in [1.165, 1.54) is 0 Å². The van der Waals surface area contributed by atoms with Crippen LogP contribution in [0.4, 0.5) is 8.78 Å². The summed E-state index contributed by atoms with van der Waals surface area (Å²) in [6.07, 6.45) is -0.711. The highest BCUT2D eigenvalue weighted by atomic mass is 127. The molecule has 2 nitrogen and oxygen atoms in total. The minimum Gasteiger partial charge on any atom is -0.303 e. The molecule has 0 aromatic carbocycles. The van der Waals surface area contributed by atoms with Crippen molar-refractivity contribution in [2.24, 2.45) is 0 Å². The molecule has 14 heavy (non-hydrogen) atoms. The Morgan fingerprint density at radius 1 is 1.43 bits per heavy atom. The monoisotopic (exact) mass is 308 g/mol. The molecule has 0 amide bonds. The van der Waals surface area contributed by atoms with Crippen LogP contribution in [0.2, 0.25) is 0 Å². The van der Waals surface area contributed by atoms with Gasteiger partial charge in [0.2, 0.25) is 0 Å². The van der Waals surface area contributed by atoms with E-state index in [0.29, 0.717) is 11.3 Å². The summed E-state index contributed by atoms with van der Waals surface area (Å²) in [4.78, 5) is 3.86. The Balaban J connectivity index is 2.74. The summed E-state index contributed by atoms with van der Waals surface area (Å²) in [5.41, 5.74) is 0.943. The van der Waals surface area contributed by atoms with Gasteiger partial charge in [-0.2, -0.15) is 0 Å². The quantitative estimate of drug-likeness (QED) is 0.740. The summed E-state index contributed by atoms with van der Waals surface area (Å²) in [5.74, 6) is 0. The average molecular weight is 308 g/mol. The maximum atomic E-state index is 12.5. The third-order valence-electron chi connectivity index (χ3n) is 2.06. The molecule has 2 aromatic heterocycles. The zero-order chi connectivity index (χ0) is 10.3. The summed E-state index contributed by atoms with van der Waals surface area (Å²) in [7, 11) is 0. The molecule has 0 aliphatic rings.